The molecule has 0 atom stereocenters. The van der Waals surface area contributed by atoms with Gasteiger partial charge in [0.25, 0.3) is 0 Å². The van der Waals surface area contributed by atoms with Crippen molar-refractivity contribution in [3.63, 3.8) is 0 Å². The number of fused-ring (bicyclic) bond motifs is 1. The van der Waals surface area contributed by atoms with Crippen LogP contribution in [0, 0.1) is 0 Å². The molecular formula is C32H46N8O2. The Balaban J connectivity index is 1.21. The first-order chi connectivity index (χ1) is 20.5. The summed E-state index contributed by atoms with van der Waals surface area (Å²) < 4.78 is 11.5. The summed E-state index contributed by atoms with van der Waals surface area (Å²) in [6, 6.07) is 7.50. The van der Waals surface area contributed by atoms with Crippen molar-refractivity contribution in [2.24, 2.45) is 0 Å². The Kier molecular flexibility index (Phi) is 9.04. The predicted molar refractivity (Wildman–Crippen MR) is 168 cm³/mol. The Hall–Kier alpha value is -3.05. The number of aryl methyl sites for hydroxylation is 1. The van der Waals surface area contributed by atoms with Crippen LogP contribution in [-0.4, -0.2) is 108 Å². The molecule has 1 aromatic carbocycles. The summed E-state index contributed by atoms with van der Waals surface area (Å²) in [4.78, 5) is 22.3. The number of likely N-dealkylation sites (N-methyl/N-ethyl adjacent to an activating group) is 1. The highest BCUT2D eigenvalue weighted by atomic mass is 16.5. The number of ether oxygens (including phenoxy) is 2. The Morgan fingerprint density at radius 1 is 1.00 bits per heavy atom. The number of nitrogen functional groups attached to an aromatic ring is 1. The zero-order valence-electron chi connectivity index (χ0n) is 25.4. The molecule has 0 spiro atoms. The van der Waals surface area contributed by atoms with E-state index in [-0.39, 0.29) is 0 Å². The lowest BCUT2D eigenvalue weighted by Crippen LogP contribution is -2.52. The molecule has 3 N–H and O–H groups in total. The molecular weight excluding hydrogens is 528 g/mol. The molecule has 3 aliphatic rings. The van der Waals surface area contributed by atoms with Crippen LogP contribution >= 0.6 is 0 Å². The van der Waals surface area contributed by atoms with Gasteiger partial charge in [-0.05, 0) is 63.9 Å². The summed E-state index contributed by atoms with van der Waals surface area (Å²) in [5.41, 5.74) is 11.7. The number of hydrogen-bond donors (Lipinski definition) is 2. The minimum atomic E-state index is 0.324. The summed E-state index contributed by atoms with van der Waals surface area (Å²) in [5.74, 6) is 2.11. The van der Waals surface area contributed by atoms with E-state index in [1.54, 1.807) is 7.11 Å². The maximum absolute atomic E-state index is 6.32. The Bertz CT molecular complexity index is 1360. The average molecular weight is 575 g/mol. The molecule has 3 saturated heterocycles. The third kappa shape index (κ3) is 6.32. The molecule has 0 radical (unpaired) electrons. The molecule has 3 aromatic rings. The van der Waals surface area contributed by atoms with Gasteiger partial charge in [0, 0.05) is 75.3 Å². The number of rotatable bonds is 8. The van der Waals surface area contributed by atoms with Crippen LogP contribution in [0.5, 0.6) is 5.75 Å². The SMILES string of the molecule is CCc1nc2c(N)ncc(-c3ccc(CN4CCC(N5CCN(C)CC5)CC4)c(OC)c3)c2nc1NC1CCOCC1. The van der Waals surface area contributed by atoms with Gasteiger partial charge in [0.2, 0.25) is 0 Å². The first kappa shape index (κ1) is 29.0. The predicted octanol–water partition coefficient (Wildman–Crippen LogP) is 3.65. The zero-order valence-corrected chi connectivity index (χ0v) is 25.4. The number of nitrogens with one attached hydrogen (secondary N) is 1. The van der Waals surface area contributed by atoms with Gasteiger partial charge in [-0.25, -0.2) is 15.0 Å². The maximum atomic E-state index is 6.32. The summed E-state index contributed by atoms with van der Waals surface area (Å²) in [6.45, 7) is 11.5. The van der Waals surface area contributed by atoms with Crippen LogP contribution in [0.15, 0.2) is 24.4 Å². The van der Waals surface area contributed by atoms with Crippen molar-refractivity contribution >= 4 is 22.7 Å². The molecule has 0 saturated carbocycles. The molecule has 226 valence electrons. The largest absolute Gasteiger partial charge is 0.496 e. The van der Waals surface area contributed by atoms with Crippen LogP contribution in [0.3, 0.4) is 0 Å². The molecule has 0 aliphatic carbocycles. The number of benzene rings is 1. The van der Waals surface area contributed by atoms with E-state index in [1.165, 1.54) is 44.6 Å². The minimum Gasteiger partial charge on any atom is -0.496 e. The number of piperidine rings is 1. The molecule has 0 amide bonds. The number of aromatic nitrogens is 3. The molecule has 0 unspecified atom stereocenters. The van der Waals surface area contributed by atoms with Crippen molar-refractivity contribution in [1.82, 2.24) is 29.7 Å². The Morgan fingerprint density at radius 2 is 1.76 bits per heavy atom. The first-order valence-corrected chi connectivity index (χ1v) is 15.6. The number of nitrogens with two attached hydrogens (primary N) is 1. The number of likely N-dealkylation sites (tertiary alicyclic amines) is 1. The van der Waals surface area contributed by atoms with Crippen LogP contribution in [-0.2, 0) is 17.7 Å². The van der Waals surface area contributed by atoms with Gasteiger partial charge in [0.05, 0.1) is 12.8 Å². The number of anilines is 2. The van der Waals surface area contributed by atoms with Crippen molar-refractivity contribution in [2.75, 3.05) is 77.7 Å². The molecule has 3 fully saturated rings. The smallest absolute Gasteiger partial charge is 0.151 e. The fraction of sp³-hybridized carbons (Fsp3) is 0.594. The zero-order chi connectivity index (χ0) is 29.1. The quantitative estimate of drug-likeness (QED) is 0.414. The highest BCUT2D eigenvalue weighted by Gasteiger charge is 2.27. The van der Waals surface area contributed by atoms with Gasteiger partial charge in [0.1, 0.15) is 22.6 Å². The summed E-state index contributed by atoms with van der Waals surface area (Å²) in [7, 11) is 3.98. The van der Waals surface area contributed by atoms with Crippen molar-refractivity contribution in [3.8, 4) is 16.9 Å². The second-order valence-corrected chi connectivity index (χ2v) is 12.0. The molecule has 5 heterocycles. The molecule has 6 rings (SSSR count). The van der Waals surface area contributed by atoms with Gasteiger partial charge < -0.3 is 25.4 Å². The maximum Gasteiger partial charge on any atom is 0.151 e. The van der Waals surface area contributed by atoms with E-state index in [2.05, 4.69) is 57.2 Å². The van der Waals surface area contributed by atoms with E-state index in [4.69, 9.17) is 25.2 Å². The summed E-state index contributed by atoms with van der Waals surface area (Å²) >= 11 is 0. The summed E-state index contributed by atoms with van der Waals surface area (Å²) in [6.07, 6.45) is 6.95. The normalized spacial score (nSPS) is 20.3. The lowest BCUT2D eigenvalue weighted by atomic mass is 10.00. The van der Waals surface area contributed by atoms with Crippen molar-refractivity contribution < 1.29 is 9.47 Å². The van der Waals surface area contributed by atoms with Crippen LogP contribution in [0.2, 0.25) is 0 Å². The van der Waals surface area contributed by atoms with E-state index < -0.39 is 0 Å². The van der Waals surface area contributed by atoms with Crippen molar-refractivity contribution in [2.45, 2.75) is 57.7 Å². The van der Waals surface area contributed by atoms with E-state index in [1.807, 2.05) is 6.20 Å². The second kappa shape index (κ2) is 13.1. The highest BCUT2D eigenvalue weighted by Crippen LogP contribution is 2.34. The second-order valence-electron chi connectivity index (χ2n) is 12.0. The van der Waals surface area contributed by atoms with Crippen molar-refractivity contribution in [1.29, 1.82) is 0 Å². The highest BCUT2D eigenvalue weighted by molar-refractivity contribution is 5.97. The first-order valence-electron chi connectivity index (χ1n) is 15.6. The summed E-state index contributed by atoms with van der Waals surface area (Å²) in [5, 5.41) is 3.64. The molecule has 42 heavy (non-hydrogen) atoms. The van der Waals surface area contributed by atoms with E-state index in [0.717, 1.165) is 86.0 Å². The van der Waals surface area contributed by atoms with Gasteiger partial charge in [-0.1, -0.05) is 19.1 Å². The van der Waals surface area contributed by atoms with E-state index >= 15 is 0 Å². The number of methoxy groups -OCH3 is 1. The minimum absolute atomic E-state index is 0.324. The average Bonchev–Trinajstić information content (AvgIpc) is 3.03. The number of hydrogen-bond acceptors (Lipinski definition) is 10. The lowest BCUT2D eigenvalue weighted by Gasteiger charge is -2.42. The van der Waals surface area contributed by atoms with Gasteiger partial charge >= 0.3 is 0 Å². The van der Waals surface area contributed by atoms with Gasteiger partial charge in [-0.15, -0.1) is 0 Å². The molecule has 10 heteroatoms. The molecule has 0 bridgehead atoms. The van der Waals surface area contributed by atoms with Crippen LogP contribution in [0.1, 0.15) is 43.9 Å². The van der Waals surface area contributed by atoms with E-state index in [9.17, 15) is 0 Å². The fourth-order valence-corrected chi connectivity index (χ4v) is 6.61. The van der Waals surface area contributed by atoms with Gasteiger partial charge in [-0.3, -0.25) is 9.80 Å². The lowest BCUT2D eigenvalue weighted by molar-refractivity contribution is 0.0656. The third-order valence-corrected chi connectivity index (χ3v) is 9.30. The Morgan fingerprint density at radius 3 is 2.48 bits per heavy atom. The monoisotopic (exact) mass is 574 g/mol. The van der Waals surface area contributed by atoms with Gasteiger partial charge in [0.15, 0.2) is 5.82 Å². The fourth-order valence-electron chi connectivity index (χ4n) is 6.61. The van der Waals surface area contributed by atoms with Gasteiger partial charge in [-0.2, -0.15) is 0 Å². The molecule has 10 nitrogen and oxygen atoms in total. The van der Waals surface area contributed by atoms with Crippen LogP contribution in [0.4, 0.5) is 11.6 Å². The third-order valence-electron chi connectivity index (χ3n) is 9.30. The van der Waals surface area contributed by atoms with E-state index in [0.29, 0.717) is 23.4 Å². The molecule has 3 aliphatic heterocycles. The molecule has 2 aromatic heterocycles. The van der Waals surface area contributed by atoms with Crippen LogP contribution < -0.4 is 15.8 Å². The standard InChI is InChI=1S/C32H46N8O2/c1-4-27-32(35-24-9-17-42-18-10-24)37-29-26(20-34-31(33)30(29)36-27)22-5-6-23(28(19-22)41-3)21-39-11-7-25(8-12-39)40-15-13-38(2)14-16-40/h5-6,19-20,24-25H,4,7-18,21H2,1-3H3,(H2,33,34)(H,35,37). The van der Waals surface area contributed by atoms with Crippen LogP contribution in [0.25, 0.3) is 22.2 Å². The topological polar surface area (TPSA) is 105 Å². The number of pyridine rings is 1. The Labute approximate surface area is 249 Å². The van der Waals surface area contributed by atoms with Crippen molar-refractivity contribution in [3.05, 3.63) is 35.7 Å². The number of nitrogens with zero attached hydrogens (tertiary/aromatic N) is 6. The number of piperazine rings is 1.